The molecule has 1 rings (SSSR count). The zero-order valence-corrected chi connectivity index (χ0v) is 11.7. The van der Waals surface area contributed by atoms with Crippen LogP contribution in [0.5, 0.6) is 0 Å². The summed E-state index contributed by atoms with van der Waals surface area (Å²) in [7, 11) is 0. The summed E-state index contributed by atoms with van der Waals surface area (Å²) in [6.45, 7) is 5.60. The van der Waals surface area contributed by atoms with E-state index in [-0.39, 0.29) is 0 Å². The van der Waals surface area contributed by atoms with E-state index in [1.807, 2.05) is 25.1 Å². The highest BCUT2D eigenvalue weighted by atomic mass is 35.5. The third-order valence-corrected chi connectivity index (χ3v) is 3.88. The highest BCUT2D eigenvalue weighted by Crippen LogP contribution is 2.39. The molecule has 4 heteroatoms. The van der Waals surface area contributed by atoms with Gasteiger partial charge in [-0.05, 0) is 43.0 Å². The highest BCUT2D eigenvalue weighted by Gasteiger charge is 2.08. The van der Waals surface area contributed by atoms with Gasteiger partial charge in [-0.1, -0.05) is 47.6 Å². The molecule has 0 atom stereocenters. The monoisotopic (exact) mass is 285 g/mol. The van der Waals surface area contributed by atoms with Crippen LogP contribution in [-0.2, 0) is 0 Å². The highest BCUT2D eigenvalue weighted by molar-refractivity contribution is 8.03. The van der Waals surface area contributed by atoms with Gasteiger partial charge in [0.05, 0.1) is 10.0 Å². The summed E-state index contributed by atoms with van der Waals surface area (Å²) in [5, 5.41) is 1.28. The van der Waals surface area contributed by atoms with Crippen molar-refractivity contribution >= 4 is 35.0 Å². The van der Waals surface area contributed by atoms with Crippen LogP contribution in [0.4, 0.5) is 0 Å². The SMILES string of the molecule is C=C/C=C(\C=C/N)Sc1c(Cl)cc(C)cc1Cl. The maximum Gasteiger partial charge on any atom is 0.0563 e. The van der Waals surface area contributed by atoms with E-state index in [1.165, 1.54) is 18.0 Å². The van der Waals surface area contributed by atoms with Crippen LogP contribution < -0.4 is 5.73 Å². The van der Waals surface area contributed by atoms with E-state index < -0.39 is 0 Å². The fourth-order valence-electron chi connectivity index (χ4n) is 1.24. The van der Waals surface area contributed by atoms with E-state index in [0.29, 0.717) is 10.0 Å². The maximum absolute atomic E-state index is 6.17. The lowest BCUT2D eigenvalue weighted by molar-refractivity contribution is 1.38. The van der Waals surface area contributed by atoms with Crippen molar-refractivity contribution in [3.05, 3.63) is 63.7 Å². The number of rotatable bonds is 4. The summed E-state index contributed by atoms with van der Waals surface area (Å²) in [6, 6.07) is 3.76. The minimum atomic E-state index is 0.639. The van der Waals surface area contributed by atoms with Crippen molar-refractivity contribution in [2.24, 2.45) is 5.73 Å². The van der Waals surface area contributed by atoms with Gasteiger partial charge in [-0.25, -0.2) is 0 Å². The van der Waals surface area contributed by atoms with E-state index in [9.17, 15) is 0 Å². The van der Waals surface area contributed by atoms with Crippen LogP contribution in [-0.4, -0.2) is 0 Å². The molecule has 0 spiro atoms. The van der Waals surface area contributed by atoms with Crippen LogP contribution in [0, 0.1) is 6.92 Å². The molecule has 17 heavy (non-hydrogen) atoms. The Morgan fingerprint density at radius 2 is 1.94 bits per heavy atom. The fraction of sp³-hybridized carbons (Fsp3) is 0.0769. The minimum Gasteiger partial charge on any atom is -0.405 e. The Kier molecular flexibility index (Phi) is 5.69. The number of aryl methyl sites for hydroxylation is 1. The lowest BCUT2D eigenvalue weighted by atomic mass is 10.2. The summed E-state index contributed by atoms with van der Waals surface area (Å²) in [5.41, 5.74) is 6.41. The molecule has 0 aliphatic carbocycles. The number of hydrogen-bond acceptors (Lipinski definition) is 2. The predicted octanol–water partition coefficient (Wildman–Crippen LogP) is 4.94. The average molecular weight is 286 g/mol. The first-order valence-electron chi connectivity index (χ1n) is 4.93. The second kappa shape index (κ2) is 6.80. The van der Waals surface area contributed by atoms with Crippen molar-refractivity contribution in [2.45, 2.75) is 11.8 Å². The number of thioether (sulfide) groups is 1. The van der Waals surface area contributed by atoms with Crippen LogP contribution >= 0.6 is 35.0 Å². The van der Waals surface area contributed by atoms with Crippen molar-refractivity contribution in [3.63, 3.8) is 0 Å². The molecule has 0 amide bonds. The van der Waals surface area contributed by atoms with Gasteiger partial charge in [-0.15, -0.1) is 0 Å². The summed E-state index contributed by atoms with van der Waals surface area (Å²) in [4.78, 5) is 1.75. The largest absolute Gasteiger partial charge is 0.405 e. The van der Waals surface area contributed by atoms with Gasteiger partial charge in [0.1, 0.15) is 0 Å². The number of nitrogens with two attached hydrogens (primary N) is 1. The van der Waals surface area contributed by atoms with E-state index in [0.717, 1.165) is 15.4 Å². The molecular formula is C13H13Cl2NS. The Morgan fingerprint density at radius 3 is 2.41 bits per heavy atom. The van der Waals surface area contributed by atoms with E-state index in [2.05, 4.69) is 6.58 Å². The molecule has 0 aliphatic heterocycles. The summed E-state index contributed by atoms with van der Waals surface area (Å²) in [6.07, 6.45) is 6.79. The normalized spacial score (nSPS) is 12.1. The lowest BCUT2D eigenvalue weighted by Gasteiger charge is -2.08. The third-order valence-electron chi connectivity index (χ3n) is 1.91. The Bertz CT molecular complexity index is 455. The molecule has 1 aromatic rings. The molecule has 0 bridgehead atoms. The zero-order valence-electron chi connectivity index (χ0n) is 9.41. The Hall–Kier alpha value is -0.830. The summed E-state index contributed by atoms with van der Waals surface area (Å²) in [5.74, 6) is 0. The van der Waals surface area contributed by atoms with Gasteiger partial charge >= 0.3 is 0 Å². The van der Waals surface area contributed by atoms with Crippen molar-refractivity contribution < 1.29 is 0 Å². The first kappa shape index (κ1) is 14.2. The third kappa shape index (κ3) is 4.15. The first-order chi connectivity index (χ1) is 8.08. The second-order valence-electron chi connectivity index (χ2n) is 3.32. The topological polar surface area (TPSA) is 26.0 Å². The number of halogens is 2. The molecule has 1 nitrogen and oxygen atoms in total. The minimum absolute atomic E-state index is 0.639. The van der Waals surface area contributed by atoms with Gasteiger partial charge in [0.2, 0.25) is 0 Å². The fourth-order valence-corrected chi connectivity index (χ4v) is 2.92. The van der Waals surface area contributed by atoms with Crippen LogP contribution in [0.3, 0.4) is 0 Å². The molecule has 0 aromatic heterocycles. The van der Waals surface area contributed by atoms with Gasteiger partial charge in [0.25, 0.3) is 0 Å². The van der Waals surface area contributed by atoms with E-state index in [4.69, 9.17) is 28.9 Å². The molecular weight excluding hydrogens is 273 g/mol. The quantitative estimate of drug-likeness (QED) is 0.627. The van der Waals surface area contributed by atoms with Crippen molar-refractivity contribution in [3.8, 4) is 0 Å². The van der Waals surface area contributed by atoms with Crippen LogP contribution in [0.15, 0.2) is 52.9 Å². The van der Waals surface area contributed by atoms with Crippen LogP contribution in [0.1, 0.15) is 5.56 Å². The molecule has 0 heterocycles. The maximum atomic E-state index is 6.17. The first-order valence-corrected chi connectivity index (χ1v) is 6.50. The second-order valence-corrected chi connectivity index (χ2v) is 5.22. The molecule has 0 saturated carbocycles. The molecule has 0 saturated heterocycles. The van der Waals surface area contributed by atoms with Gasteiger partial charge in [-0.2, -0.15) is 0 Å². The smallest absolute Gasteiger partial charge is 0.0563 e. The van der Waals surface area contributed by atoms with Gasteiger partial charge in [0.15, 0.2) is 0 Å². The van der Waals surface area contributed by atoms with E-state index >= 15 is 0 Å². The Labute approximate surface area is 116 Å². The standard InChI is InChI=1S/C13H13Cl2NS/c1-3-4-10(5-6-16)17-13-11(14)7-9(2)8-12(13)15/h3-8H,1,16H2,2H3/b6-5-,10-4+. The zero-order chi connectivity index (χ0) is 12.8. The van der Waals surface area contributed by atoms with Crippen molar-refractivity contribution in [1.82, 2.24) is 0 Å². The van der Waals surface area contributed by atoms with Crippen LogP contribution in [0.25, 0.3) is 0 Å². The Morgan fingerprint density at radius 1 is 1.35 bits per heavy atom. The summed E-state index contributed by atoms with van der Waals surface area (Å²) >= 11 is 13.8. The lowest BCUT2D eigenvalue weighted by Crippen LogP contribution is -1.83. The molecule has 0 radical (unpaired) electrons. The molecule has 90 valence electrons. The average Bonchev–Trinajstić information content (AvgIpc) is 2.23. The molecule has 2 N–H and O–H groups in total. The molecule has 0 unspecified atom stereocenters. The molecule has 0 fully saturated rings. The van der Waals surface area contributed by atoms with E-state index in [1.54, 1.807) is 12.2 Å². The number of hydrogen-bond donors (Lipinski definition) is 1. The van der Waals surface area contributed by atoms with Gasteiger partial charge in [0, 0.05) is 9.80 Å². The Balaban J connectivity index is 3.09. The predicted molar refractivity (Wildman–Crippen MR) is 78.7 cm³/mol. The van der Waals surface area contributed by atoms with Crippen molar-refractivity contribution in [2.75, 3.05) is 0 Å². The number of benzene rings is 1. The van der Waals surface area contributed by atoms with Gasteiger partial charge in [-0.3, -0.25) is 0 Å². The number of allylic oxidation sites excluding steroid dienone is 3. The molecule has 1 aromatic carbocycles. The molecule has 0 aliphatic rings. The van der Waals surface area contributed by atoms with Crippen LogP contribution in [0.2, 0.25) is 10.0 Å². The van der Waals surface area contributed by atoms with Gasteiger partial charge < -0.3 is 5.73 Å². The summed E-state index contributed by atoms with van der Waals surface area (Å²) < 4.78 is 0. The van der Waals surface area contributed by atoms with Crippen molar-refractivity contribution in [1.29, 1.82) is 0 Å².